The summed E-state index contributed by atoms with van der Waals surface area (Å²) in [5, 5.41) is 2.86. The maximum absolute atomic E-state index is 16.3. The molecule has 40 heavy (non-hydrogen) atoms. The fourth-order valence-electron chi connectivity index (χ4n) is 4.72. The molecule has 0 unspecified atom stereocenters. The smallest absolute Gasteiger partial charge is 0.362 e. The van der Waals surface area contributed by atoms with Gasteiger partial charge in [-0.2, -0.15) is 8.78 Å². The normalized spacial score (nSPS) is 18.9. The van der Waals surface area contributed by atoms with Gasteiger partial charge in [0.1, 0.15) is 29.3 Å². The van der Waals surface area contributed by atoms with Gasteiger partial charge in [0.2, 0.25) is 0 Å². The van der Waals surface area contributed by atoms with E-state index in [9.17, 15) is 9.59 Å². The second kappa shape index (κ2) is 11.6. The van der Waals surface area contributed by atoms with Crippen LogP contribution < -0.4 is 5.32 Å². The average molecular weight is 572 g/mol. The summed E-state index contributed by atoms with van der Waals surface area (Å²) in [5.41, 5.74) is -5.57. The van der Waals surface area contributed by atoms with E-state index in [4.69, 9.17) is 14.2 Å². The van der Waals surface area contributed by atoms with Crippen molar-refractivity contribution in [1.29, 1.82) is 0 Å². The molecule has 1 aromatic carbocycles. The van der Waals surface area contributed by atoms with Gasteiger partial charge in [0, 0.05) is 12.2 Å². The van der Waals surface area contributed by atoms with Gasteiger partial charge < -0.3 is 29.0 Å². The predicted octanol–water partition coefficient (Wildman–Crippen LogP) is 3.92. The van der Waals surface area contributed by atoms with Crippen molar-refractivity contribution in [1.82, 2.24) is 9.97 Å². The molecule has 0 bridgehead atoms. The number of rotatable bonds is 9. The zero-order valence-electron chi connectivity index (χ0n) is 22.3. The second-order valence-corrected chi connectivity index (χ2v) is 9.30. The molecular formula is C26H29F4N3O7. The number of alkyl halides is 3. The van der Waals surface area contributed by atoms with Gasteiger partial charge in [-0.1, -0.05) is 12.1 Å². The molecule has 10 nitrogen and oxygen atoms in total. The number of methoxy groups -OCH3 is 2. The highest BCUT2D eigenvalue weighted by atomic mass is 19.3. The number of nitrogens with one attached hydrogen (secondary N) is 1. The minimum absolute atomic E-state index is 0.0811. The predicted molar refractivity (Wildman–Crippen MR) is 130 cm³/mol. The van der Waals surface area contributed by atoms with Gasteiger partial charge in [0.15, 0.2) is 6.29 Å². The molecule has 4 rings (SSSR count). The van der Waals surface area contributed by atoms with Crippen LogP contribution in [0.3, 0.4) is 0 Å². The Hall–Kier alpha value is -3.36. The summed E-state index contributed by atoms with van der Waals surface area (Å²) >= 11 is 0. The van der Waals surface area contributed by atoms with Crippen molar-refractivity contribution in [2.45, 2.75) is 56.7 Å². The first kappa shape index (κ1) is 29.6. The van der Waals surface area contributed by atoms with Gasteiger partial charge >= 0.3 is 23.5 Å². The summed E-state index contributed by atoms with van der Waals surface area (Å²) in [7, 11) is 1.75. The SMILES string of the molecule is COC(=O)C(F)(C(=O)OC)c1nc(C)nc(N[C@H](C)c2cccc(C(F)(F)[C@@H]3CCCO3)c2F)c1C1OCCO1. The Labute approximate surface area is 227 Å². The van der Waals surface area contributed by atoms with E-state index in [2.05, 4.69) is 24.8 Å². The Morgan fingerprint density at radius 1 is 1.05 bits per heavy atom. The quantitative estimate of drug-likeness (QED) is 0.270. The van der Waals surface area contributed by atoms with Crippen molar-refractivity contribution >= 4 is 17.8 Å². The first-order chi connectivity index (χ1) is 19.0. The van der Waals surface area contributed by atoms with E-state index >= 15 is 17.6 Å². The van der Waals surface area contributed by atoms with Gasteiger partial charge in [-0.25, -0.2) is 28.3 Å². The van der Waals surface area contributed by atoms with E-state index in [1.807, 2.05) is 0 Å². The molecule has 3 heterocycles. The van der Waals surface area contributed by atoms with Gasteiger partial charge in [-0.15, -0.1) is 0 Å². The van der Waals surface area contributed by atoms with Crippen molar-refractivity contribution in [3.8, 4) is 0 Å². The van der Waals surface area contributed by atoms with Crippen LogP contribution in [0, 0.1) is 12.7 Å². The number of carbonyl (C=O) groups excluding carboxylic acids is 2. The summed E-state index contributed by atoms with van der Waals surface area (Å²) in [4.78, 5) is 33.4. The number of anilines is 1. The Morgan fingerprint density at radius 2 is 1.70 bits per heavy atom. The zero-order chi connectivity index (χ0) is 29.2. The van der Waals surface area contributed by atoms with Crippen LogP contribution in [0.25, 0.3) is 0 Å². The standard InChI is InChI=1S/C26H29F4N3O7/c1-13(15-7-5-8-16(19(15)27)26(29,30)17-9-6-10-38-17)31-21-18(22-39-11-12-40-22)20(32-14(2)33-21)25(28,23(34)36-3)24(35)37-4/h5,7-8,13,17,22H,6,9-12H2,1-4H3,(H,31,32,33)/t13-,17+/m1/s1. The first-order valence-corrected chi connectivity index (χ1v) is 12.5. The molecule has 1 aromatic heterocycles. The monoisotopic (exact) mass is 571 g/mol. The topological polar surface area (TPSA) is 118 Å². The van der Waals surface area contributed by atoms with Crippen molar-refractivity contribution in [3.05, 3.63) is 52.2 Å². The van der Waals surface area contributed by atoms with Crippen LogP contribution in [0.5, 0.6) is 0 Å². The molecule has 218 valence electrons. The molecule has 1 N–H and O–H groups in total. The highest BCUT2D eigenvalue weighted by Gasteiger charge is 2.56. The van der Waals surface area contributed by atoms with Crippen LogP contribution in [-0.2, 0) is 44.9 Å². The van der Waals surface area contributed by atoms with Crippen molar-refractivity contribution in [3.63, 3.8) is 0 Å². The Kier molecular flexibility index (Phi) is 8.61. The number of hydrogen-bond donors (Lipinski definition) is 1. The number of carbonyl (C=O) groups is 2. The summed E-state index contributed by atoms with van der Waals surface area (Å²) < 4.78 is 87.4. The first-order valence-electron chi connectivity index (χ1n) is 12.5. The average Bonchev–Trinajstić information content (AvgIpc) is 3.66. The number of benzene rings is 1. The third-order valence-corrected chi connectivity index (χ3v) is 6.72. The lowest BCUT2D eigenvalue weighted by Gasteiger charge is -2.27. The van der Waals surface area contributed by atoms with E-state index in [0.29, 0.717) is 6.42 Å². The van der Waals surface area contributed by atoms with Crippen LogP contribution in [0.15, 0.2) is 18.2 Å². The van der Waals surface area contributed by atoms with Crippen molar-refractivity contribution in [2.24, 2.45) is 0 Å². The number of ether oxygens (including phenoxy) is 5. The van der Waals surface area contributed by atoms with Gasteiger partial charge in [-0.3, -0.25) is 0 Å². The molecule has 2 fully saturated rings. The molecule has 2 aliphatic heterocycles. The number of aromatic nitrogens is 2. The minimum atomic E-state index is -3.58. The van der Waals surface area contributed by atoms with Crippen LogP contribution >= 0.6 is 0 Å². The third kappa shape index (κ3) is 5.22. The number of nitrogens with zero attached hydrogens (tertiary/aromatic N) is 2. The molecule has 0 saturated carbocycles. The summed E-state index contributed by atoms with van der Waals surface area (Å²) in [6, 6.07) is 2.56. The third-order valence-electron chi connectivity index (χ3n) is 6.72. The maximum Gasteiger partial charge on any atom is 0.362 e. The molecule has 2 saturated heterocycles. The van der Waals surface area contributed by atoms with Crippen molar-refractivity contribution < 1.29 is 50.8 Å². The largest absolute Gasteiger partial charge is 0.466 e. The van der Waals surface area contributed by atoms with Crippen LogP contribution in [0.2, 0.25) is 0 Å². The molecule has 2 aliphatic rings. The Bertz CT molecular complexity index is 1250. The molecule has 0 amide bonds. The highest BCUT2D eigenvalue weighted by Crippen LogP contribution is 2.42. The van der Waals surface area contributed by atoms with Gasteiger partial charge in [-0.05, 0) is 32.8 Å². The molecule has 2 aromatic rings. The fraction of sp³-hybridized carbons (Fsp3) is 0.538. The van der Waals surface area contributed by atoms with E-state index in [1.165, 1.54) is 26.0 Å². The molecule has 14 heteroatoms. The summed E-state index contributed by atoms with van der Waals surface area (Å²) in [5.74, 6) is -8.27. The number of esters is 2. The molecule has 0 aliphatic carbocycles. The lowest BCUT2D eigenvalue weighted by atomic mass is 9.95. The van der Waals surface area contributed by atoms with Crippen LogP contribution in [0.1, 0.15) is 60.3 Å². The van der Waals surface area contributed by atoms with Crippen LogP contribution in [0.4, 0.5) is 23.4 Å². The maximum atomic E-state index is 16.3. The van der Waals surface area contributed by atoms with E-state index in [-0.39, 0.29) is 49.0 Å². The minimum Gasteiger partial charge on any atom is -0.466 e. The molecule has 2 atom stereocenters. The van der Waals surface area contributed by atoms with Crippen LogP contribution in [-0.4, -0.2) is 62.1 Å². The zero-order valence-corrected chi connectivity index (χ0v) is 22.3. The van der Waals surface area contributed by atoms with Gasteiger partial charge in [0.25, 0.3) is 0 Å². The fourth-order valence-corrected chi connectivity index (χ4v) is 4.72. The summed E-state index contributed by atoms with van der Waals surface area (Å²) in [6.07, 6.45) is -2.26. The molecule has 0 radical (unpaired) electrons. The van der Waals surface area contributed by atoms with E-state index in [1.54, 1.807) is 0 Å². The second-order valence-electron chi connectivity index (χ2n) is 9.30. The Morgan fingerprint density at radius 3 is 2.27 bits per heavy atom. The Balaban J connectivity index is 1.80. The van der Waals surface area contributed by atoms with E-state index in [0.717, 1.165) is 20.3 Å². The van der Waals surface area contributed by atoms with Crippen molar-refractivity contribution in [2.75, 3.05) is 39.4 Å². The molecule has 0 spiro atoms. The lowest BCUT2D eigenvalue weighted by molar-refractivity contribution is -0.173. The van der Waals surface area contributed by atoms with Gasteiger partial charge in [0.05, 0.1) is 44.6 Å². The summed E-state index contributed by atoms with van der Waals surface area (Å²) in [6.45, 7) is 3.15. The van der Waals surface area contributed by atoms with E-state index < -0.39 is 59.0 Å². The number of aryl methyl sites for hydroxylation is 1. The highest BCUT2D eigenvalue weighted by molar-refractivity contribution is 6.04. The number of halogens is 4. The number of hydrogen-bond acceptors (Lipinski definition) is 10. The lowest BCUT2D eigenvalue weighted by Crippen LogP contribution is -2.43. The molecular weight excluding hydrogens is 542 g/mol.